The van der Waals surface area contributed by atoms with Crippen molar-refractivity contribution in [3.8, 4) is 0 Å². The van der Waals surface area contributed by atoms with E-state index in [2.05, 4.69) is 0 Å². The summed E-state index contributed by atoms with van der Waals surface area (Å²) < 4.78 is 22.4. The first-order valence-electron chi connectivity index (χ1n) is 4.58. The van der Waals surface area contributed by atoms with Gasteiger partial charge in [-0.2, -0.15) is 0 Å². The van der Waals surface area contributed by atoms with Gasteiger partial charge >= 0.3 is 0 Å². The number of thioether (sulfide) groups is 1. The van der Waals surface area contributed by atoms with Crippen molar-refractivity contribution in [1.29, 1.82) is 0 Å². The summed E-state index contributed by atoms with van der Waals surface area (Å²) in [5, 5.41) is 0.252. The quantitative estimate of drug-likeness (QED) is 0.776. The zero-order valence-electron chi connectivity index (χ0n) is 7.72. The van der Waals surface area contributed by atoms with Gasteiger partial charge in [0.15, 0.2) is 9.84 Å². The van der Waals surface area contributed by atoms with Gasteiger partial charge in [0.1, 0.15) is 0 Å². The molecule has 14 heavy (non-hydrogen) atoms. The molecule has 0 spiro atoms. The van der Waals surface area contributed by atoms with Crippen molar-refractivity contribution in [3.63, 3.8) is 0 Å². The van der Waals surface area contributed by atoms with E-state index in [9.17, 15) is 8.42 Å². The fourth-order valence-corrected chi connectivity index (χ4v) is 5.07. The SMILES string of the molecule is O=S1(=O)CCC(Sc2ccccc2)C1. The van der Waals surface area contributed by atoms with E-state index in [0.717, 1.165) is 11.3 Å². The van der Waals surface area contributed by atoms with E-state index in [1.54, 1.807) is 11.8 Å². The first-order chi connectivity index (χ1) is 6.66. The molecular weight excluding hydrogens is 216 g/mol. The fourth-order valence-electron chi connectivity index (χ4n) is 1.55. The molecule has 0 bridgehead atoms. The molecule has 0 radical (unpaired) electrons. The van der Waals surface area contributed by atoms with Gasteiger partial charge in [0.2, 0.25) is 0 Å². The maximum Gasteiger partial charge on any atom is 0.151 e. The highest BCUT2D eigenvalue weighted by atomic mass is 32.2. The Morgan fingerprint density at radius 2 is 1.93 bits per heavy atom. The molecule has 1 aliphatic rings. The van der Waals surface area contributed by atoms with E-state index in [0.29, 0.717) is 11.5 Å². The summed E-state index contributed by atoms with van der Waals surface area (Å²) in [7, 11) is -2.74. The van der Waals surface area contributed by atoms with Gasteiger partial charge in [0.05, 0.1) is 11.5 Å². The van der Waals surface area contributed by atoms with Crippen molar-refractivity contribution in [2.75, 3.05) is 11.5 Å². The Morgan fingerprint density at radius 1 is 1.21 bits per heavy atom. The lowest BCUT2D eigenvalue weighted by Gasteiger charge is -2.06. The van der Waals surface area contributed by atoms with E-state index in [1.165, 1.54) is 0 Å². The minimum absolute atomic E-state index is 0.252. The molecule has 1 aromatic rings. The molecule has 0 aliphatic carbocycles. The molecule has 2 nitrogen and oxygen atoms in total. The summed E-state index contributed by atoms with van der Waals surface area (Å²) in [6.45, 7) is 0. The standard InChI is InChI=1S/C10H12O2S2/c11-14(12)7-6-10(8-14)13-9-4-2-1-3-5-9/h1-5,10H,6-8H2. The zero-order valence-corrected chi connectivity index (χ0v) is 9.35. The third-order valence-corrected chi connectivity index (χ3v) is 5.50. The lowest BCUT2D eigenvalue weighted by Crippen LogP contribution is -2.05. The molecule has 0 aromatic heterocycles. The van der Waals surface area contributed by atoms with Crippen molar-refractivity contribution >= 4 is 21.6 Å². The van der Waals surface area contributed by atoms with Gasteiger partial charge in [-0.05, 0) is 18.6 Å². The van der Waals surface area contributed by atoms with Gasteiger partial charge in [-0.1, -0.05) is 18.2 Å². The monoisotopic (exact) mass is 228 g/mol. The molecule has 1 fully saturated rings. The molecule has 1 unspecified atom stereocenters. The molecule has 1 saturated heterocycles. The van der Waals surface area contributed by atoms with Crippen LogP contribution in [0, 0.1) is 0 Å². The Labute approximate surface area is 88.6 Å². The fraction of sp³-hybridized carbons (Fsp3) is 0.400. The second kappa shape index (κ2) is 3.95. The number of hydrogen-bond donors (Lipinski definition) is 0. The first kappa shape index (κ1) is 10.1. The molecule has 1 atom stereocenters. The highest BCUT2D eigenvalue weighted by Gasteiger charge is 2.28. The molecular formula is C10H12O2S2. The van der Waals surface area contributed by atoms with E-state index in [4.69, 9.17) is 0 Å². The average molecular weight is 228 g/mol. The van der Waals surface area contributed by atoms with Crippen molar-refractivity contribution in [2.24, 2.45) is 0 Å². The summed E-state index contributed by atoms with van der Waals surface area (Å²) in [5.74, 6) is 0.698. The van der Waals surface area contributed by atoms with Crippen LogP contribution in [0.5, 0.6) is 0 Å². The molecule has 0 N–H and O–H groups in total. The predicted octanol–water partition coefficient (Wildman–Crippen LogP) is 1.97. The lowest BCUT2D eigenvalue weighted by molar-refractivity contribution is 0.602. The van der Waals surface area contributed by atoms with Gasteiger partial charge in [0, 0.05) is 10.1 Å². The van der Waals surface area contributed by atoms with Crippen LogP contribution in [-0.2, 0) is 9.84 Å². The van der Waals surface area contributed by atoms with Crippen molar-refractivity contribution in [3.05, 3.63) is 30.3 Å². The van der Waals surface area contributed by atoms with Crippen molar-refractivity contribution in [1.82, 2.24) is 0 Å². The smallest absolute Gasteiger partial charge is 0.151 e. The van der Waals surface area contributed by atoms with Crippen LogP contribution >= 0.6 is 11.8 Å². The molecule has 0 saturated carbocycles. The molecule has 2 rings (SSSR count). The number of sulfone groups is 1. The summed E-state index contributed by atoms with van der Waals surface area (Å²) in [4.78, 5) is 1.16. The first-order valence-corrected chi connectivity index (χ1v) is 7.28. The molecule has 76 valence electrons. The van der Waals surface area contributed by atoms with E-state index >= 15 is 0 Å². The minimum Gasteiger partial charge on any atom is -0.229 e. The molecule has 1 heterocycles. The minimum atomic E-state index is -2.74. The van der Waals surface area contributed by atoms with Gasteiger partial charge in [-0.3, -0.25) is 0 Å². The van der Waals surface area contributed by atoms with E-state index in [-0.39, 0.29) is 5.25 Å². The van der Waals surface area contributed by atoms with Crippen LogP contribution in [0.3, 0.4) is 0 Å². The zero-order chi connectivity index (χ0) is 10.0. The largest absolute Gasteiger partial charge is 0.229 e. The molecule has 1 aromatic carbocycles. The van der Waals surface area contributed by atoms with E-state index < -0.39 is 9.84 Å². The highest BCUT2D eigenvalue weighted by Crippen LogP contribution is 2.30. The molecule has 4 heteroatoms. The Morgan fingerprint density at radius 3 is 2.50 bits per heavy atom. The van der Waals surface area contributed by atoms with Crippen LogP contribution in [0.4, 0.5) is 0 Å². The summed E-state index contributed by atoms with van der Waals surface area (Å²) in [5.41, 5.74) is 0. The summed E-state index contributed by atoms with van der Waals surface area (Å²) in [6.07, 6.45) is 0.794. The second-order valence-corrected chi connectivity index (χ2v) is 7.06. The van der Waals surface area contributed by atoms with Crippen molar-refractivity contribution in [2.45, 2.75) is 16.6 Å². The Kier molecular flexibility index (Phi) is 2.83. The summed E-state index contributed by atoms with van der Waals surface area (Å²) >= 11 is 1.67. The van der Waals surface area contributed by atoms with Gasteiger partial charge in [-0.25, -0.2) is 8.42 Å². The van der Waals surface area contributed by atoms with Crippen molar-refractivity contribution < 1.29 is 8.42 Å². The number of rotatable bonds is 2. The van der Waals surface area contributed by atoms with Crippen LogP contribution in [0.1, 0.15) is 6.42 Å². The number of benzene rings is 1. The second-order valence-electron chi connectivity index (χ2n) is 3.46. The predicted molar refractivity (Wildman–Crippen MR) is 59.4 cm³/mol. The summed E-state index contributed by atoms with van der Waals surface area (Å²) in [6, 6.07) is 9.97. The third kappa shape index (κ3) is 2.51. The van der Waals surface area contributed by atoms with E-state index in [1.807, 2.05) is 30.3 Å². The maximum atomic E-state index is 11.2. The van der Waals surface area contributed by atoms with Crippen LogP contribution in [0.2, 0.25) is 0 Å². The Balaban J connectivity index is 2.01. The van der Waals surface area contributed by atoms with Crippen LogP contribution < -0.4 is 0 Å². The number of hydrogen-bond acceptors (Lipinski definition) is 3. The lowest BCUT2D eigenvalue weighted by atomic mass is 10.4. The topological polar surface area (TPSA) is 34.1 Å². The van der Waals surface area contributed by atoms with Crippen LogP contribution in [-0.4, -0.2) is 25.2 Å². The van der Waals surface area contributed by atoms with Gasteiger partial charge in [0.25, 0.3) is 0 Å². The van der Waals surface area contributed by atoms with Gasteiger partial charge < -0.3 is 0 Å². The average Bonchev–Trinajstić information content (AvgIpc) is 2.47. The maximum absolute atomic E-state index is 11.2. The van der Waals surface area contributed by atoms with Crippen LogP contribution in [0.15, 0.2) is 35.2 Å². The molecule has 0 amide bonds. The molecule has 1 aliphatic heterocycles. The highest BCUT2D eigenvalue weighted by molar-refractivity contribution is 8.01. The normalized spacial score (nSPS) is 25.0. The third-order valence-electron chi connectivity index (χ3n) is 2.24. The van der Waals surface area contributed by atoms with Gasteiger partial charge in [-0.15, -0.1) is 11.8 Å². The van der Waals surface area contributed by atoms with Crippen LogP contribution in [0.25, 0.3) is 0 Å². The Bertz CT molecular complexity index is 397. The Hall–Kier alpha value is -0.480.